The van der Waals surface area contributed by atoms with Gasteiger partial charge in [0.1, 0.15) is 0 Å². The maximum absolute atomic E-state index is 11.7. The monoisotopic (exact) mass is 228 g/mol. The number of hydrazone groups is 1. The van der Waals surface area contributed by atoms with Gasteiger partial charge < -0.3 is 0 Å². The number of carbonyl (C=O) groups is 1. The van der Waals surface area contributed by atoms with E-state index in [4.69, 9.17) is 0 Å². The molecule has 1 fully saturated rings. The van der Waals surface area contributed by atoms with E-state index in [2.05, 4.69) is 22.7 Å². The van der Waals surface area contributed by atoms with E-state index in [1.807, 2.05) is 18.2 Å². The highest BCUT2D eigenvalue weighted by Crippen LogP contribution is 2.41. The van der Waals surface area contributed by atoms with Gasteiger partial charge in [-0.15, -0.1) is 0 Å². The summed E-state index contributed by atoms with van der Waals surface area (Å²) in [6.45, 7) is 0. The lowest BCUT2D eigenvalue weighted by Gasteiger charge is -2.40. The molecule has 2 aliphatic rings. The van der Waals surface area contributed by atoms with Gasteiger partial charge in [0.05, 0.1) is 0 Å². The molecule has 3 rings (SSSR count). The summed E-state index contributed by atoms with van der Waals surface area (Å²) in [4.78, 5) is 11.7. The summed E-state index contributed by atoms with van der Waals surface area (Å²) in [6.07, 6.45) is 4.97. The normalized spacial score (nSPS) is 28.0. The molecule has 1 heterocycles. The van der Waals surface area contributed by atoms with E-state index < -0.39 is 0 Å². The van der Waals surface area contributed by atoms with Crippen LogP contribution in [0, 0.1) is 0 Å². The highest BCUT2D eigenvalue weighted by Gasteiger charge is 2.43. The van der Waals surface area contributed by atoms with Crippen LogP contribution in [0.2, 0.25) is 0 Å². The number of carbonyl (C=O) groups excluding carboxylic acids is 1. The third kappa shape index (κ3) is 1.66. The molecule has 1 aromatic carbocycles. The summed E-state index contributed by atoms with van der Waals surface area (Å²) < 4.78 is 0. The van der Waals surface area contributed by atoms with Crippen LogP contribution in [0.5, 0.6) is 0 Å². The molecule has 1 atom stereocenters. The van der Waals surface area contributed by atoms with Crippen molar-refractivity contribution < 1.29 is 4.79 Å². The zero-order valence-corrected chi connectivity index (χ0v) is 9.78. The minimum atomic E-state index is -0.123. The fourth-order valence-corrected chi connectivity index (χ4v) is 3.07. The molecule has 3 heteroatoms. The van der Waals surface area contributed by atoms with Crippen LogP contribution >= 0.6 is 0 Å². The number of hydrogen-bond acceptors (Lipinski definition) is 2. The lowest BCUT2D eigenvalue weighted by molar-refractivity contribution is -0.122. The molecule has 0 spiro atoms. The van der Waals surface area contributed by atoms with Gasteiger partial charge in [-0.25, -0.2) is 5.43 Å². The number of fused-ring (bicyclic) bond motifs is 1. The minimum Gasteiger partial charge on any atom is -0.273 e. The first-order valence-electron chi connectivity index (χ1n) is 6.23. The molecule has 1 N–H and O–H groups in total. The van der Waals surface area contributed by atoms with Crippen molar-refractivity contribution in [1.82, 2.24) is 5.43 Å². The molecule has 1 aliphatic carbocycles. The van der Waals surface area contributed by atoms with Gasteiger partial charge in [0, 0.05) is 17.5 Å². The minimum absolute atomic E-state index is 0.0412. The van der Waals surface area contributed by atoms with Crippen LogP contribution in [0.25, 0.3) is 0 Å². The first-order chi connectivity index (χ1) is 8.31. The highest BCUT2D eigenvalue weighted by molar-refractivity contribution is 6.02. The van der Waals surface area contributed by atoms with Crippen LogP contribution in [-0.4, -0.2) is 11.6 Å². The molecule has 1 aliphatic heterocycles. The molecule has 1 amide bonds. The highest BCUT2D eigenvalue weighted by atomic mass is 16.2. The quantitative estimate of drug-likeness (QED) is 0.787. The van der Waals surface area contributed by atoms with Gasteiger partial charge in [0.2, 0.25) is 5.91 Å². The molecular formula is C14H16N2O. The largest absolute Gasteiger partial charge is 0.273 e. The lowest BCUT2D eigenvalue weighted by atomic mass is 9.65. The van der Waals surface area contributed by atoms with Crippen molar-refractivity contribution in [1.29, 1.82) is 0 Å². The SMILES string of the molecule is O=C1C[C@]2(c3ccccc3)CCCCC2=NN1. The Labute approximate surface area is 101 Å². The van der Waals surface area contributed by atoms with Crippen LogP contribution in [0.15, 0.2) is 35.4 Å². The molecule has 1 aromatic rings. The standard InChI is InChI=1S/C14H16N2O/c17-13-10-14(11-6-2-1-3-7-11)9-5-4-8-12(14)15-16-13/h1-3,6-7H,4-5,8-10H2,(H,16,17)/t14-/m0/s1. The van der Waals surface area contributed by atoms with Crippen LogP contribution in [0.4, 0.5) is 0 Å². The van der Waals surface area contributed by atoms with Crippen molar-refractivity contribution >= 4 is 11.6 Å². The topological polar surface area (TPSA) is 41.5 Å². The molecule has 17 heavy (non-hydrogen) atoms. The average molecular weight is 228 g/mol. The zero-order valence-electron chi connectivity index (χ0n) is 9.78. The first-order valence-corrected chi connectivity index (χ1v) is 6.23. The Balaban J connectivity index is 2.10. The molecular weight excluding hydrogens is 212 g/mol. The van der Waals surface area contributed by atoms with E-state index in [0.29, 0.717) is 6.42 Å². The van der Waals surface area contributed by atoms with E-state index in [9.17, 15) is 4.79 Å². The van der Waals surface area contributed by atoms with Crippen LogP contribution in [0.3, 0.4) is 0 Å². The van der Waals surface area contributed by atoms with Crippen molar-refractivity contribution in [3.8, 4) is 0 Å². The van der Waals surface area contributed by atoms with Gasteiger partial charge in [0.25, 0.3) is 0 Å². The smallest absolute Gasteiger partial charge is 0.241 e. The summed E-state index contributed by atoms with van der Waals surface area (Å²) in [5, 5.41) is 4.30. The van der Waals surface area contributed by atoms with Gasteiger partial charge >= 0.3 is 0 Å². The van der Waals surface area contributed by atoms with Gasteiger partial charge in [-0.2, -0.15) is 5.10 Å². The van der Waals surface area contributed by atoms with E-state index in [1.54, 1.807) is 0 Å². The van der Waals surface area contributed by atoms with Crippen molar-refractivity contribution in [2.45, 2.75) is 37.5 Å². The maximum Gasteiger partial charge on any atom is 0.241 e. The van der Waals surface area contributed by atoms with E-state index >= 15 is 0 Å². The second kappa shape index (κ2) is 3.99. The summed E-state index contributed by atoms with van der Waals surface area (Å²) >= 11 is 0. The zero-order chi connectivity index (χ0) is 11.7. The van der Waals surface area contributed by atoms with Crippen molar-refractivity contribution in [2.75, 3.05) is 0 Å². The first kappa shape index (κ1) is 10.5. The summed E-state index contributed by atoms with van der Waals surface area (Å²) in [7, 11) is 0. The number of nitrogens with one attached hydrogen (secondary N) is 1. The number of nitrogens with zero attached hydrogens (tertiary/aromatic N) is 1. The Hall–Kier alpha value is -1.64. The fraction of sp³-hybridized carbons (Fsp3) is 0.429. The third-order valence-corrected chi connectivity index (χ3v) is 3.92. The molecule has 88 valence electrons. The summed E-state index contributed by atoms with van der Waals surface area (Å²) in [5.74, 6) is 0.0412. The Bertz CT molecular complexity index is 466. The summed E-state index contributed by atoms with van der Waals surface area (Å²) in [6, 6.07) is 10.4. The lowest BCUT2D eigenvalue weighted by Crippen LogP contribution is -2.47. The predicted octanol–water partition coefficient (Wildman–Crippen LogP) is 2.37. The van der Waals surface area contributed by atoms with Crippen LogP contribution in [0.1, 0.15) is 37.7 Å². The second-order valence-electron chi connectivity index (χ2n) is 4.93. The molecule has 0 aromatic heterocycles. The maximum atomic E-state index is 11.7. The molecule has 1 saturated carbocycles. The van der Waals surface area contributed by atoms with Gasteiger partial charge in [-0.3, -0.25) is 4.79 Å². The molecule has 3 nitrogen and oxygen atoms in total. The summed E-state index contributed by atoms with van der Waals surface area (Å²) in [5.41, 5.74) is 4.91. The van der Waals surface area contributed by atoms with Crippen molar-refractivity contribution in [2.24, 2.45) is 5.10 Å². The number of benzene rings is 1. The second-order valence-corrected chi connectivity index (χ2v) is 4.93. The van der Waals surface area contributed by atoms with E-state index in [0.717, 1.165) is 18.6 Å². The number of amides is 1. The van der Waals surface area contributed by atoms with Crippen molar-refractivity contribution in [3.63, 3.8) is 0 Å². The Morgan fingerprint density at radius 3 is 2.82 bits per heavy atom. The van der Waals surface area contributed by atoms with E-state index in [1.165, 1.54) is 18.4 Å². The Kier molecular flexibility index (Phi) is 2.46. The van der Waals surface area contributed by atoms with Gasteiger partial charge in [0.15, 0.2) is 0 Å². The van der Waals surface area contributed by atoms with Crippen LogP contribution < -0.4 is 5.43 Å². The van der Waals surface area contributed by atoms with Crippen LogP contribution in [-0.2, 0) is 10.2 Å². The number of hydrogen-bond donors (Lipinski definition) is 1. The Morgan fingerprint density at radius 2 is 2.00 bits per heavy atom. The Morgan fingerprint density at radius 1 is 1.18 bits per heavy atom. The third-order valence-electron chi connectivity index (χ3n) is 3.92. The van der Waals surface area contributed by atoms with Crippen molar-refractivity contribution in [3.05, 3.63) is 35.9 Å². The van der Waals surface area contributed by atoms with Gasteiger partial charge in [-0.1, -0.05) is 36.8 Å². The molecule has 0 unspecified atom stereocenters. The molecule has 0 radical (unpaired) electrons. The van der Waals surface area contributed by atoms with Gasteiger partial charge in [-0.05, 0) is 24.8 Å². The predicted molar refractivity (Wildman–Crippen MR) is 66.8 cm³/mol. The number of rotatable bonds is 1. The molecule has 0 bridgehead atoms. The van der Waals surface area contributed by atoms with E-state index in [-0.39, 0.29) is 11.3 Å². The fourth-order valence-electron chi connectivity index (χ4n) is 3.07. The molecule has 0 saturated heterocycles. The average Bonchev–Trinajstić information content (AvgIpc) is 2.39.